The zero-order valence-corrected chi connectivity index (χ0v) is 16.5. The van der Waals surface area contributed by atoms with Gasteiger partial charge in [0.1, 0.15) is 0 Å². The van der Waals surface area contributed by atoms with Crippen LogP contribution in [-0.2, 0) is 11.3 Å². The summed E-state index contributed by atoms with van der Waals surface area (Å²) in [5, 5.41) is 5.73. The van der Waals surface area contributed by atoms with E-state index >= 15 is 0 Å². The van der Waals surface area contributed by atoms with Crippen LogP contribution in [-0.4, -0.2) is 16.4 Å². The van der Waals surface area contributed by atoms with Crippen LogP contribution in [0.3, 0.4) is 0 Å². The zero-order valence-electron chi connectivity index (χ0n) is 16.5. The number of benzene rings is 2. The van der Waals surface area contributed by atoms with Gasteiger partial charge in [0.05, 0.1) is 5.56 Å². The van der Waals surface area contributed by atoms with Crippen LogP contribution in [0.4, 0.5) is 11.4 Å². The lowest BCUT2D eigenvalue weighted by molar-refractivity contribution is -0.115. The minimum Gasteiger partial charge on any atom is -0.344 e. The molecule has 144 valence electrons. The third-order valence-corrected chi connectivity index (χ3v) is 4.73. The van der Waals surface area contributed by atoms with Crippen molar-refractivity contribution in [2.75, 3.05) is 10.6 Å². The van der Waals surface area contributed by atoms with Gasteiger partial charge in [0.25, 0.3) is 5.91 Å². The van der Waals surface area contributed by atoms with Crippen LogP contribution in [0.1, 0.15) is 40.7 Å². The van der Waals surface area contributed by atoms with Crippen LogP contribution in [0.5, 0.6) is 0 Å². The normalized spacial score (nSPS) is 10.5. The highest BCUT2D eigenvalue weighted by atomic mass is 16.2. The average Bonchev–Trinajstić information content (AvgIpc) is 2.97. The molecule has 0 fully saturated rings. The zero-order chi connectivity index (χ0) is 20.1. The summed E-state index contributed by atoms with van der Waals surface area (Å²) in [4.78, 5) is 24.4. The van der Waals surface area contributed by atoms with Crippen molar-refractivity contribution < 1.29 is 9.59 Å². The van der Waals surface area contributed by atoms with E-state index in [0.29, 0.717) is 23.4 Å². The first-order chi connectivity index (χ1) is 13.5. The Morgan fingerprint density at radius 3 is 2.25 bits per heavy atom. The van der Waals surface area contributed by atoms with Crippen molar-refractivity contribution in [3.63, 3.8) is 0 Å². The third kappa shape index (κ3) is 4.49. The standard InChI is InChI=1S/C23H25N3O2/c1-4-22(27)24-19-11-8-12-20(14-19)25-23(28)21-13-16(2)26(17(21)3)15-18-9-6-5-7-10-18/h5-14H,4,15H2,1-3H3,(H,24,27)(H,25,28). The number of aromatic nitrogens is 1. The Labute approximate surface area is 165 Å². The number of aryl methyl sites for hydroxylation is 1. The molecule has 1 heterocycles. The number of hydrogen-bond donors (Lipinski definition) is 2. The number of nitrogens with zero attached hydrogens (tertiary/aromatic N) is 1. The number of nitrogens with one attached hydrogen (secondary N) is 2. The summed E-state index contributed by atoms with van der Waals surface area (Å²) >= 11 is 0. The highest BCUT2D eigenvalue weighted by Crippen LogP contribution is 2.20. The molecule has 0 radical (unpaired) electrons. The van der Waals surface area contributed by atoms with Crippen molar-refractivity contribution in [2.45, 2.75) is 33.7 Å². The molecular formula is C23H25N3O2. The molecule has 2 N–H and O–H groups in total. The summed E-state index contributed by atoms with van der Waals surface area (Å²) < 4.78 is 2.14. The van der Waals surface area contributed by atoms with Crippen molar-refractivity contribution in [2.24, 2.45) is 0 Å². The lowest BCUT2D eigenvalue weighted by Gasteiger charge is -2.11. The maximum Gasteiger partial charge on any atom is 0.257 e. The largest absolute Gasteiger partial charge is 0.344 e. The van der Waals surface area contributed by atoms with Gasteiger partial charge in [0.15, 0.2) is 0 Å². The smallest absolute Gasteiger partial charge is 0.257 e. The lowest BCUT2D eigenvalue weighted by atomic mass is 10.2. The van der Waals surface area contributed by atoms with Crippen LogP contribution in [0.15, 0.2) is 60.7 Å². The fourth-order valence-corrected chi connectivity index (χ4v) is 3.16. The summed E-state index contributed by atoms with van der Waals surface area (Å²) in [6.45, 7) is 6.49. The highest BCUT2D eigenvalue weighted by molar-refractivity contribution is 6.05. The van der Waals surface area contributed by atoms with Crippen LogP contribution in [0.25, 0.3) is 0 Å². The fourth-order valence-electron chi connectivity index (χ4n) is 3.16. The van der Waals surface area contributed by atoms with Crippen LogP contribution in [0.2, 0.25) is 0 Å². The first-order valence-electron chi connectivity index (χ1n) is 9.40. The molecule has 28 heavy (non-hydrogen) atoms. The Bertz CT molecular complexity index is 990. The maximum atomic E-state index is 12.8. The second-order valence-electron chi connectivity index (χ2n) is 6.79. The Balaban J connectivity index is 1.77. The van der Waals surface area contributed by atoms with E-state index in [1.165, 1.54) is 5.56 Å². The van der Waals surface area contributed by atoms with E-state index in [2.05, 4.69) is 27.3 Å². The van der Waals surface area contributed by atoms with Crippen molar-refractivity contribution in [1.82, 2.24) is 4.57 Å². The van der Waals surface area contributed by atoms with E-state index in [1.807, 2.05) is 44.2 Å². The number of hydrogen-bond acceptors (Lipinski definition) is 2. The Hall–Kier alpha value is -3.34. The van der Waals surface area contributed by atoms with Crippen LogP contribution >= 0.6 is 0 Å². The second kappa shape index (κ2) is 8.57. The summed E-state index contributed by atoms with van der Waals surface area (Å²) in [6.07, 6.45) is 0.407. The average molecular weight is 375 g/mol. The minimum atomic E-state index is -0.161. The van der Waals surface area contributed by atoms with E-state index < -0.39 is 0 Å². The first-order valence-corrected chi connectivity index (χ1v) is 9.40. The molecule has 0 unspecified atom stereocenters. The molecule has 0 spiro atoms. The van der Waals surface area contributed by atoms with Crippen molar-refractivity contribution in [1.29, 1.82) is 0 Å². The van der Waals surface area contributed by atoms with Gasteiger partial charge < -0.3 is 15.2 Å². The number of anilines is 2. The molecule has 0 saturated heterocycles. The summed E-state index contributed by atoms with van der Waals surface area (Å²) in [5.74, 6) is -0.223. The highest BCUT2D eigenvalue weighted by Gasteiger charge is 2.16. The predicted molar refractivity (Wildman–Crippen MR) is 113 cm³/mol. The van der Waals surface area contributed by atoms with Gasteiger partial charge in [-0.2, -0.15) is 0 Å². The molecular weight excluding hydrogens is 350 g/mol. The predicted octanol–water partition coefficient (Wildman–Crippen LogP) is 4.75. The quantitative estimate of drug-likeness (QED) is 0.653. The summed E-state index contributed by atoms with van der Waals surface area (Å²) in [6, 6.07) is 19.3. The molecule has 0 aliphatic carbocycles. The van der Waals surface area contributed by atoms with Crippen LogP contribution in [0, 0.1) is 13.8 Å². The van der Waals surface area contributed by atoms with Gasteiger partial charge in [-0.25, -0.2) is 0 Å². The lowest BCUT2D eigenvalue weighted by Crippen LogP contribution is -2.14. The Morgan fingerprint density at radius 1 is 0.893 bits per heavy atom. The topological polar surface area (TPSA) is 63.1 Å². The Morgan fingerprint density at radius 2 is 1.57 bits per heavy atom. The molecule has 0 aliphatic rings. The van der Waals surface area contributed by atoms with E-state index in [-0.39, 0.29) is 11.8 Å². The Kier molecular flexibility index (Phi) is 5.94. The van der Waals surface area contributed by atoms with Gasteiger partial charge in [-0.05, 0) is 43.7 Å². The minimum absolute atomic E-state index is 0.0621. The van der Waals surface area contributed by atoms with Crippen LogP contribution < -0.4 is 10.6 Å². The second-order valence-corrected chi connectivity index (χ2v) is 6.79. The van der Waals surface area contributed by atoms with Crippen molar-refractivity contribution >= 4 is 23.2 Å². The summed E-state index contributed by atoms with van der Waals surface area (Å²) in [7, 11) is 0. The monoisotopic (exact) mass is 375 g/mol. The van der Waals surface area contributed by atoms with E-state index in [9.17, 15) is 9.59 Å². The molecule has 5 heteroatoms. The van der Waals surface area contributed by atoms with Gasteiger partial charge in [0, 0.05) is 35.7 Å². The summed E-state index contributed by atoms with van der Waals surface area (Å²) in [5.41, 5.74) is 5.11. The van der Waals surface area contributed by atoms with Gasteiger partial charge >= 0.3 is 0 Å². The molecule has 1 aromatic heterocycles. The van der Waals surface area contributed by atoms with Gasteiger partial charge in [-0.15, -0.1) is 0 Å². The molecule has 3 rings (SSSR count). The van der Waals surface area contributed by atoms with Gasteiger partial charge in [0.2, 0.25) is 5.91 Å². The first kappa shape index (κ1) is 19.4. The van der Waals surface area contributed by atoms with Gasteiger partial charge in [-0.1, -0.05) is 43.3 Å². The molecule has 3 aromatic rings. The van der Waals surface area contributed by atoms with Crippen molar-refractivity contribution in [3.05, 3.63) is 83.2 Å². The van der Waals surface area contributed by atoms with E-state index in [0.717, 1.165) is 17.9 Å². The molecule has 0 aliphatic heterocycles. The molecule has 2 amide bonds. The van der Waals surface area contributed by atoms with Crippen molar-refractivity contribution in [3.8, 4) is 0 Å². The molecule has 0 saturated carbocycles. The molecule has 0 bridgehead atoms. The number of rotatable bonds is 6. The number of carbonyl (C=O) groups is 2. The molecule has 0 atom stereocenters. The van der Waals surface area contributed by atoms with Gasteiger partial charge in [-0.3, -0.25) is 9.59 Å². The maximum absolute atomic E-state index is 12.8. The molecule has 2 aromatic carbocycles. The van der Waals surface area contributed by atoms with E-state index in [1.54, 1.807) is 25.1 Å². The third-order valence-electron chi connectivity index (χ3n) is 4.73. The SMILES string of the molecule is CCC(=O)Nc1cccc(NC(=O)c2cc(C)n(Cc3ccccc3)c2C)c1. The number of carbonyl (C=O) groups excluding carboxylic acids is 2. The number of amides is 2. The molecule has 5 nitrogen and oxygen atoms in total. The fraction of sp³-hybridized carbons (Fsp3) is 0.217. The van der Waals surface area contributed by atoms with E-state index in [4.69, 9.17) is 0 Å².